The predicted octanol–water partition coefficient (Wildman–Crippen LogP) is 3.43. The first-order valence-corrected chi connectivity index (χ1v) is 8.11. The molecule has 124 valence electrons. The number of ether oxygens (including phenoxy) is 1. The van der Waals surface area contributed by atoms with Crippen molar-refractivity contribution in [1.29, 1.82) is 0 Å². The van der Waals surface area contributed by atoms with Crippen LogP contribution in [-0.2, 0) is 11.2 Å². The maximum atomic E-state index is 13.0. The standard InChI is InChI=1S/C18H23FN2O2/c1-13(2)7-8-20-18(11-22-12-18)10-16-9-17(23-21-16)14-3-5-15(19)6-4-14/h3-6,9,13,20H,7-8,10-12H2,1-2H3. The molecule has 0 unspecified atom stereocenters. The number of nitrogens with zero attached hydrogens (tertiary/aromatic N) is 1. The van der Waals surface area contributed by atoms with Crippen molar-refractivity contribution >= 4 is 0 Å². The van der Waals surface area contributed by atoms with Gasteiger partial charge in [-0.15, -0.1) is 0 Å². The van der Waals surface area contributed by atoms with Gasteiger partial charge in [0, 0.05) is 18.1 Å². The van der Waals surface area contributed by atoms with E-state index >= 15 is 0 Å². The molecule has 0 bridgehead atoms. The zero-order valence-corrected chi connectivity index (χ0v) is 13.6. The van der Waals surface area contributed by atoms with E-state index in [0.717, 1.165) is 30.6 Å². The molecule has 1 N–H and O–H groups in total. The lowest BCUT2D eigenvalue weighted by atomic mass is 9.90. The summed E-state index contributed by atoms with van der Waals surface area (Å²) in [5.74, 6) is 1.09. The summed E-state index contributed by atoms with van der Waals surface area (Å²) in [4.78, 5) is 0. The maximum Gasteiger partial charge on any atom is 0.167 e. The molecular formula is C18H23FN2O2. The first-order valence-electron chi connectivity index (χ1n) is 8.11. The second-order valence-corrected chi connectivity index (χ2v) is 6.75. The van der Waals surface area contributed by atoms with Crippen molar-refractivity contribution in [1.82, 2.24) is 10.5 Å². The molecule has 1 aliphatic rings. The number of halogens is 1. The smallest absolute Gasteiger partial charge is 0.167 e. The van der Waals surface area contributed by atoms with E-state index in [1.165, 1.54) is 12.1 Å². The summed E-state index contributed by atoms with van der Waals surface area (Å²) >= 11 is 0. The lowest BCUT2D eigenvalue weighted by Gasteiger charge is -2.42. The van der Waals surface area contributed by atoms with Crippen LogP contribution in [0.3, 0.4) is 0 Å². The highest BCUT2D eigenvalue weighted by molar-refractivity contribution is 5.57. The summed E-state index contributed by atoms with van der Waals surface area (Å²) in [5.41, 5.74) is 1.69. The number of rotatable bonds is 7. The van der Waals surface area contributed by atoms with Crippen molar-refractivity contribution in [3.05, 3.63) is 41.8 Å². The second-order valence-electron chi connectivity index (χ2n) is 6.75. The number of hydrogen-bond acceptors (Lipinski definition) is 4. The van der Waals surface area contributed by atoms with Gasteiger partial charge in [-0.25, -0.2) is 4.39 Å². The Balaban J connectivity index is 1.64. The summed E-state index contributed by atoms with van der Waals surface area (Å²) in [6.45, 7) is 6.81. The third kappa shape index (κ3) is 3.98. The Morgan fingerprint density at radius 2 is 2.00 bits per heavy atom. The molecule has 4 nitrogen and oxygen atoms in total. The summed E-state index contributed by atoms with van der Waals surface area (Å²) in [5, 5.41) is 7.77. The van der Waals surface area contributed by atoms with Crippen LogP contribution in [0.2, 0.25) is 0 Å². The number of hydrogen-bond donors (Lipinski definition) is 1. The van der Waals surface area contributed by atoms with E-state index in [1.54, 1.807) is 12.1 Å². The normalized spacial score (nSPS) is 16.5. The number of aromatic nitrogens is 1. The van der Waals surface area contributed by atoms with Gasteiger partial charge in [0.2, 0.25) is 0 Å². The van der Waals surface area contributed by atoms with Crippen LogP contribution in [-0.4, -0.2) is 30.5 Å². The molecule has 1 saturated heterocycles. The Labute approximate surface area is 136 Å². The third-order valence-corrected chi connectivity index (χ3v) is 4.19. The highest BCUT2D eigenvalue weighted by Crippen LogP contribution is 2.26. The molecule has 2 aromatic rings. The fourth-order valence-electron chi connectivity index (χ4n) is 2.73. The van der Waals surface area contributed by atoms with E-state index in [-0.39, 0.29) is 11.4 Å². The zero-order chi connectivity index (χ0) is 16.3. The first kappa shape index (κ1) is 16.1. The average molecular weight is 318 g/mol. The lowest BCUT2D eigenvalue weighted by molar-refractivity contribution is -0.0747. The molecule has 0 atom stereocenters. The number of benzene rings is 1. The molecule has 3 rings (SSSR count). The van der Waals surface area contributed by atoms with Crippen molar-refractivity contribution in [3.8, 4) is 11.3 Å². The van der Waals surface area contributed by atoms with Crippen LogP contribution in [0.1, 0.15) is 26.0 Å². The molecule has 1 aromatic carbocycles. The van der Waals surface area contributed by atoms with Crippen molar-refractivity contribution < 1.29 is 13.7 Å². The quantitative estimate of drug-likeness (QED) is 0.849. The van der Waals surface area contributed by atoms with E-state index in [4.69, 9.17) is 9.26 Å². The minimum absolute atomic E-state index is 0.0359. The lowest BCUT2D eigenvalue weighted by Crippen LogP contribution is -2.62. The van der Waals surface area contributed by atoms with Gasteiger partial charge in [-0.1, -0.05) is 19.0 Å². The van der Waals surface area contributed by atoms with Crippen molar-refractivity contribution in [2.45, 2.75) is 32.2 Å². The molecule has 1 aliphatic heterocycles. The Morgan fingerprint density at radius 3 is 2.61 bits per heavy atom. The monoisotopic (exact) mass is 318 g/mol. The molecule has 23 heavy (non-hydrogen) atoms. The molecule has 2 heterocycles. The zero-order valence-electron chi connectivity index (χ0n) is 13.6. The van der Waals surface area contributed by atoms with Gasteiger partial charge in [-0.2, -0.15) is 0 Å². The van der Waals surface area contributed by atoms with Crippen molar-refractivity contribution in [2.75, 3.05) is 19.8 Å². The van der Waals surface area contributed by atoms with Gasteiger partial charge in [0.15, 0.2) is 5.76 Å². The molecule has 5 heteroatoms. The highest BCUT2D eigenvalue weighted by atomic mass is 19.1. The van der Waals surface area contributed by atoms with Crippen LogP contribution in [0, 0.1) is 11.7 Å². The van der Waals surface area contributed by atoms with Crippen molar-refractivity contribution in [2.24, 2.45) is 5.92 Å². The van der Waals surface area contributed by atoms with Gasteiger partial charge in [-0.3, -0.25) is 0 Å². The van der Waals surface area contributed by atoms with Gasteiger partial charge >= 0.3 is 0 Å². The largest absolute Gasteiger partial charge is 0.377 e. The Morgan fingerprint density at radius 1 is 1.26 bits per heavy atom. The highest BCUT2D eigenvalue weighted by Gasteiger charge is 2.39. The maximum absolute atomic E-state index is 13.0. The van der Waals surface area contributed by atoms with Gasteiger partial charge in [0.25, 0.3) is 0 Å². The van der Waals surface area contributed by atoms with E-state index in [0.29, 0.717) is 24.9 Å². The predicted molar refractivity (Wildman–Crippen MR) is 86.6 cm³/mol. The summed E-state index contributed by atoms with van der Waals surface area (Å²) in [7, 11) is 0. The molecule has 1 fully saturated rings. The van der Waals surface area contributed by atoms with Gasteiger partial charge in [0.1, 0.15) is 5.82 Å². The van der Waals surface area contributed by atoms with Gasteiger partial charge in [0.05, 0.1) is 24.4 Å². The SMILES string of the molecule is CC(C)CCNC1(Cc2cc(-c3ccc(F)cc3)on2)COC1. The van der Waals surface area contributed by atoms with Crippen LogP contribution < -0.4 is 5.32 Å². The van der Waals surface area contributed by atoms with Crippen LogP contribution >= 0.6 is 0 Å². The average Bonchev–Trinajstić information content (AvgIpc) is 2.93. The van der Waals surface area contributed by atoms with E-state index in [1.807, 2.05) is 6.07 Å². The van der Waals surface area contributed by atoms with E-state index < -0.39 is 0 Å². The topological polar surface area (TPSA) is 47.3 Å². The Kier molecular flexibility index (Phi) is 4.78. The number of nitrogens with one attached hydrogen (secondary N) is 1. The fourth-order valence-corrected chi connectivity index (χ4v) is 2.73. The van der Waals surface area contributed by atoms with Crippen molar-refractivity contribution in [3.63, 3.8) is 0 Å². The minimum Gasteiger partial charge on any atom is -0.377 e. The molecule has 0 aliphatic carbocycles. The van der Waals surface area contributed by atoms with Gasteiger partial charge < -0.3 is 14.6 Å². The second kappa shape index (κ2) is 6.81. The molecule has 0 saturated carbocycles. The Bertz CT molecular complexity index is 633. The molecule has 0 radical (unpaired) electrons. The first-order chi connectivity index (χ1) is 11.1. The van der Waals surface area contributed by atoms with E-state index in [2.05, 4.69) is 24.3 Å². The molecule has 0 spiro atoms. The summed E-state index contributed by atoms with van der Waals surface area (Å²) < 4.78 is 23.8. The van der Waals surface area contributed by atoms with Gasteiger partial charge in [-0.05, 0) is 43.1 Å². The minimum atomic E-state index is -0.256. The van der Waals surface area contributed by atoms with Crippen LogP contribution in [0.4, 0.5) is 4.39 Å². The third-order valence-electron chi connectivity index (χ3n) is 4.19. The molecule has 0 amide bonds. The Hall–Kier alpha value is -1.72. The molecule has 1 aromatic heterocycles. The van der Waals surface area contributed by atoms with Crippen LogP contribution in [0.25, 0.3) is 11.3 Å². The summed E-state index contributed by atoms with van der Waals surface area (Å²) in [6.07, 6.45) is 1.91. The van der Waals surface area contributed by atoms with E-state index in [9.17, 15) is 4.39 Å². The van der Waals surface area contributed by atoms with Crippen LogP contribution in [0.15, 0.2) is 34.9 Å². The van der Waals surface area contributed by atoms with Crippen LogP contribution in [0.5, 0.6) is 0 Å². The fraction of sp³-hybridized carbons (Fsp3) is 0.500. The molecular weight excluding hydrogens is 295 g/mol. The summed E-state index contributed by atoms with van der Waals surface area (Å²) in [6, 6.07) is 8.17.